The van der Waals surface area contributed by atoms with E-state index in [4.69, 9.17) is 4.74 Å². The minimum Gasteiger partial charge on any atom is -0.465 e. The number of rotatable bonds is 4. The molecular formula is C23H23N5O6. The van der Waals surface area contributed by atoms with E-state index in [1.807, 2.05) is 10.6 Å². The van der Waals surface area contributed by atoms with Crippen molar-refractivity contribution in [2.75, 3.05) is 19.8 Å². The van der Waals surface area contributed by atoms with Crippen molar-refractivity contribution in [3.8, 4) is 11.4 Å². The van der Waals surface area contributed by atoms with Crippen molar-refractivity contribution in [2.45, 2.75) is 32.0 Å². The highest BCUT2D eigenvalue weighted by molar-refractivity contribution is 6.01. The van der Waals surface area contributed by atoms with Gasteiger partial charge in [0.25, 0.3) is 11.6 Å². The fourth-order valence-electron chi connectivity index (χ4n) is 4.66. The molecule has 34 heavy (non-hydrogen) atoms. The van der Waals surface area contributed by atoms with Gasteiger partial charge in [0.05, 0.1) is 22.5 Å². The number of fused-ring (bicyclic) bond motifs is 2. The second-order valence-electron chi connectivity index (χ2n) is 8.38. The van der Waals surface area contributed by atoms with E-state index in [1.165, 1.54) is 11.0 Å². The standard InChI is InChI=1S/C23H23N5O6/c29-22(24-14-7-11-34-12-8-14)20-19-13-26(23(30)31)9-10-27(19)21(25-20)17-5-1-4-16-15(17)3-2-6-18(16)28(32)33/h1-6,14H,7-13H2,(H,24,29)(H,30,31). The number of non-ortho nitro benzene ring substituents is 1. The minimum absolute atomic E-state index is 0.0145. The number of ether oxygens (including phenoxy) is 1. The molecule has 176 valence electrons. The van der Waals surface area contributed by atoms with Crippen LogP contribution in [-0.2, 0) is 17.8 Å². The Labute approximate surface area is 194 Å². The molecule has 2 aromatic carbocycles. The van der Waals surface area contributed by atoms with Crippen molar-refractivity contribution in [2.24, 2.45) is 0 Å². The van der Waals surface area contributed by atoms with Crippen LogP contribution in [0.4, 0.5) is 10.5 Å². The molecule has 2 amide bonds. The number of carbonyl (C=O) groups excluding carboxylic acids is 1. The maximum Gasteiger partial charge on any atom is 0.407 e. The molecule has 1 aromatic heterocycles. The number of nitrogens with zero attached hydrogens (tertiary/aromatic N) is 4. The smallest absolute Gasteiger partial charge is 0.407 e. The zero-order chi connectivity index (χ0) is 23.8. The lowest BCUT2D eigenvalue weighted by Gasteiger charge is -2.27. The quantitative estimate of drug-likeness (QED) is 0.446. The number of carbonyl (C=O) groups is 2. The van der Waals surface area contributed by atoms with Gasteiger partial charge in [-0.3, -0.25) is 14.9 Å². The highest BCUT2D eigenvalue weighted by Crippen LogP contribution is 2.35. The lowest BCUT2D eigenvalue weighted by Crippen LogP contribution is -2.41. The van der Waals surface area contributed by atoms with Gasteiger partial charge >= 0.3 is 6.09 Å². The summed E-state index contributed by atoms with van der Waals surface area (Å²) in [6.45, 7) is 1.74. The molecular weight excluding hydrogens is 442 g/mol. The summed E-state index contributed by atoms with van der Waals surface area (Å²) in [6.07, 6.45) is 0.330. The number of hydrogen-bond acceptors (Lipinski definition) is 6. The molecule has 0 spiro atoms. The SMILES string of the molecule is O=C(NC1CCOCC1)c1nc(-c2cccc3c([N+](=O)[O-])cccc23)n2c1CN(C(=O)O)CC2. The average molecular weight is 465 g/mol. The molecule has 0 unspecified atom stereocenters. The molecule has 0 bridgehead atoms. The highest BCUT2D eigenvalue weighted by atomic mass is 16.6. The maximum atomic E-state index is 13.2. The number of imidazole rings is 1. The van der Waals surface area contributed by atoms with Gasteiger partial charge in [-0.05, 0) is 24.3 Å². The number of nitro benzene ring substituents is 1. The Bertz CT molecular complexity index is 1300. The van der Waals surface area contributed by atoms with Crippen LogP contribution in [0, 0.1) is 10.1 Å². The number of carboxylic acid groups (broad SMARTS) is 1. The van der Waals surface area contributed by atoms with Crippen molar-refractivity contribution in [3.63, 3.8) is 0 Å². The van der Waals surface area contributed by atoms with E-state index in [0.29, 0.717) is 60.5 Å². The second-order valence-corrected chi connectivity index (χ2v) is 8.38. The molecule has 11 nitrogen and oxygen atoms in total. The van der Waals surface area contributed by atoms with Gasteiger partial charge in [-0.2, -0.15) is 0 Å². The van der Waals surface area contributed by atoms with Crippen molar-refractivity contribution < 1.29 is 24.4 Å². The van der Waals surface area contributed by atoms with E-state index >= 15 is 0 Å². The third-order valence-corrected chi connectivity index (χ3v) is 6.39. The van der Waals surface area contributed by atoms with Crippen LogP contribution in [0.25, 0.3) is 22.2 Å². The summed E-state index contributed by atoms with van der Waals surface area (Å²) in [4.78, 5) is 41.9. The zero-order valence-corrected chi connectivity index (χ0v) is 18.3. The molecule has 3 heterocycles. The van der Waals surface area contributed by atoms with Gasteiger partial charge in [0.1, 0.15) is 5.82 Å². The van der Waals surface area contributed by atoms with Crippen LogP contribution in [-0.4, -0.2) is 62.3 Å². The molecule has 3 aromatic rings. The third kappa shape index (κ3) is 3.83. The van der Waals surface area contributed by atoms with Crippen LogP contribution in [0.5, 0.6) is 0 Å². The van der Waals surface area contributed by atoms with Crippen molar-refractivity contribution >= 4 is 28.5 Å². The van der Waals surface area contributed by atoms with Gasteiger partial charge in [-0.25, -0.2) is 9.78 Å². The fraction of sp³-hybridized carbons (Fsp3) is 0.348. The van der Waals surface area contributed by atoms with E-state index in [0.717, 1.165) is 0 Å². The normalized spacial score (nSPS) is 16.3. The van der Waals surface area contributed by atoms with E-state index in [2.05, 4.69) is 10.3 Å². The lowest BCUT2D eigenvalue weighted by atomic mass is 10.0. The van der Waals surface area contributed by atoms with Gasteiger partial charge in [0, 0.05) is 44.0 Å². The molecule has 0 atom stereocenters. The van der Waals surface area contributed by atoms with Crippen LogP contribution < -0.4 is 5.32 Å². The Morgan fingerprint density at radius 2 is 1.85 bits per heavy atom. The van der Waals surface area contributed by atoms with Gasteiger partial charge < -0.3 is 24.6 Å². The molecule has 2 aliphatic heterocycles. The lowest BCUT2D eigenvalue weighted by molar-refractivity contribution is -0.383. The average Bonchev–Trinajstić information content (AvgIpc) is 3.22. The second kappa shape index (κ2) is 8.75. The van der Waals surface area contributed by atoms with Crippen molar-refractivity contribution in [3.05, 3.63) is 57.9 Å². The summed E-state index contributed by atoms with van der Waals surface area (Å²) in [5.74, 6) is 0.128. The summed E-state index contributed by atoms with van der Waals surface area (Å²) in [6, 6.07) is 10.0. The molecule has 11 heteroatoms. The summed E-state index contributed by atoms with van der Waals surface area (Å²) < 4.78 is 7.21. The van der Waals surface area contributed by atoms with Gasteiger partial charge in [-0.15, -0.1) is 0 Å². The molecule has 0 aliphatic carbocycles. The van der Waals surface area contributed by atoms with Crippen LogP contribution in [0.1, 0.15) is 29.0 Å². The number of benzene rings is 2. The third-order valence-electron chi connectivity index (χ3n) is 6.39. The molecule has 1 saturated heterocycles. The Morgan fingerprint density at radius 1 is 1.12 bits per heavy atom. The minimum atomic E-state index is -1.06. The van der Waals surface area contributed by atoms with Crippen LogP contribution in [0.15, 0.2) is 36.4 Å². The predicted octanol–water partition coefficient (Wildman–Crippen LogP) is 3.01. The van der Waals surface area contributed by atoms with E-state index < -0.39 is 11.0 Å². The van der Waals surface area contributed by atoms with Gasteiger partial charge in [0.2, 0.25) is 0 Å². The van der Waals surface area contributed by atoms with Crippen LogP contribution in [0.3, 0.4) is 0 Å². The summed E-state index contributed by atoms with van der Waals surface area (Å²) in [5, 5.41) is 25.2. The molecule has 5 rings (SSSR count). The summed E-state index contributed by atoms with van der Waals surface area (Å²) in [7, 11) is 0. The van der Waals surface area contributed by atoms with E-state index in [-0.39, 0.29) is 36.4 Å². The monoisotopic (exact) mass is 465 g/mol. The number of nitrogens with one attached hydrogen (secondary N) is 1. The van der Waals surface area contributed by atoms with Crippen molar-refractivity contribution in [1.29, 1.82) is 0 Å². The fourth-order valence-corrected chi connectivity index (χ4v) is 4.66. The molecule has 2 N–H and O–H groups in total. The Morgan fingerprint density at radius 3 is 2.59 bits per heavy atom. The number of amides is 2. The molecule has 2 aliphatic rings. The molecule has 1 fully saturated rings. The number of nitro groups is 1. The highest BCUT2D eigenvalue weighted by Gasteiger charge is 2.31. The topological polar surface area (TPSA) is 140 Å². The molecule has 0 saturated carbocycles. The summed E-state index contributed by atoms with van der Waals surface area (Å²) in [5.41, 5.74) is 1.32. The predicted molar refractivity (Wildman–Crippen MR) is 122 cm³/mol. The summed E-state index contributed by atoms with van der Waals surface area (Å²) >= 11 is 0. The van der Waals surface area contributed by atoms with Gasteiger partial charge in [-0.1, -0.05) is 24.3 Å². The number of aromatic nitrogens is 2. The molecule has 0 radical (unpaired) electrons. The number of hydrogen-bond donors (Lipinski definition) is 2. The Balaban J connectivity index is 1.62. The van der Waals surface area contributed by atoms with E-state index in [1.54, 1.807) is 24.3 Å². The zero-order valence-electron chi connectivity index (χ0n) is 18.3. The Hall–Kier alpha value is -3.99. The first-order valence-corrected chi connectivity index (χ1v) is 11.1. The van der Waals surface area contributed by atoms with Crippen LogP contribution in [0.2, 0.25) is 0 Å². The first-order valence-electron chi connectivity index (χ1n) is 11.1. The maximum absolute atomic E-state index is 13.2. The van der Waals surface area contributed by atoms with Crippen LogP contribution >= 0.6 is 0 Å². The first kappa shape index (κ1) is 21.8. The van der Waals surface area contributed by atoms with E-state index in [9.17, 15) is 24.8 Å². The van der Waals surface area contributed by atoms with Crippen molar-refractivity contribution in [1.82, 2.24) is 19.8 Å². The Kier molecular flexibility index (Phi) is 5.62. The first-order chi connectivity index (χ1) is 16.4. The van der Waals surface area contributed by atoms with Gasteiger partial charge in [0.15, 0.2) is 5.69 Å². The largest absolute Gasteiger partial charge is 0.465 e.